The maximum Gasteiger partial charge on any atom is 0.340 e. The van der Waals surface area contributed by atoms with Gasteiger partial charge in [0.25, 0.3) is 5.91 Å². The van der Waals surface area contributed by atoms with Crippen molar-refractivity contribution in [2.24, 2.45) is 0 Å². The van der Waals surface area contributed by atoms with Crippen molar-refractivity contribution in [1.29, 1.82) is 0 Å². The normalized spacial score (nSPS) is 11.5. The van der Waals surface area contributed by atoms with Crippen molar-refractivity contribution in [3.8, 4) is 0 Å². The van der Waals surface area contributed by atoms with Crippen LogP contribution in [-0.2, 0) is 9.53 Å². The summed E-state index contributed by atoms with van der Waals surface area (Å²) in [6, 6.07) is 10.8. The van der Waals surface area contributed by atoms with E-state index in [1.165, 1.54) is 26.0 Å². The van der Waals surface area contributed by atoms with Gasteiger partial charge >= 0.3 is 5.97 Å². The lowest BCUT2D eigenvalue weighted by atomic mass is 10.1. The first-order chi connectivity index (χ1) is 11.8. The number of hydrogen-bond acceptors (Lipinski definition) is 4. The lowest BCUT2D eigenvalue weighted by molar-refractivity contribution is -0.123. The van der Waals surface area contributed by atoms with Crippen molar-refractivity contribution in [2.75, 3.05) is 5.32 Å². The monoisotopic (exact) mass is 379 g/mol. The summed E-state index contributed by atoms with van der Waals surface area (Å²) >= 11 is 11.8. The van der Waals surface area contributed by atoms with Crippen LogP contribution in [-0.4, -0.2) is 23.8 Å². The molecule has 7 heteroatoms. The summed E-state index contributed by atoms with van der Waals surface area (Å²) in [5.41, 5.74) is 0.974. The molecule has 0 bridgehead atoms. The molecule has 1 N–H and O–H groups in total. The minimum atomic E-state index is -1.07. The summed E-state index contributed by atoms with van der Waals surface area (Å²) in [4.78, 5) is 35.7. The molecule has 1 amide bonds. The van der Waals surface area contributed by atoms with E-state index in [2.05, 4.69) is 5.32 Å². The molecule has 1 unspecified atom stereocenters. The zero-order chi connectivity index (χ0) is 18.6. The fourth-order valence-corrected chi connectivity index (χ4v) is 2.36. The Bertz CT molecular complexity index is 836. The predicted molar refractivity (Wildman–Crippen MR) is 96.4 cm³/mol. The van der Waals surface area contributed by atoms with Crippen LogP contribution in [0.2, 0.25) is 10.0 Å². The highest BCUT2D eigenvalue weighted by Gasteiger charge is 2.21. The van der Waals surface area contributed by atoms with Gasteiger partial charge in [-0.2, -0.15) is 0 Å². The SMILES string of the molecule is CC(=O)c1cccc(NC(=O)C(C)OC(=O)c2cc(Cl)ccc2Cl)c1. The maximum atomic E-state index is 12.2. The minimum Gasteiger partial charge on any atom is -0.449 e. The molecule has 1 atom stereocenters. The fraction of sp³-hybridized carbons (Fsp3) is 0.167. The molecule has 0 aliphatic rings. The van der Waals surface area contributed by atoms with Gasteiger partial charge in [0.15, 0.2) is 11.9 Å². The molecule has 0 saturated heterocycles. The number of halogens is 2. The van der Waals surface area contributed by atoms with Gasteiger partial charge in [0, 0.05) is 16.3 Å². The first kappa shape index (κ1) is 19.0. The van der Waals surface area contributed by atoms with E-state index < -0.39 is 18.0 Å². The second kappa shape index (κ2) is 8.14. The third-order valence-electron chi connectivity index (χ3n) is 3.34. The summed E-state index contributed by atoms with van der Waals surface area (Å²) in [5.74, 6) is -1.41. The molecular weight excluding hydrogens is 365 g/mol. The molecule has 2 rings (SSSR count). The molecule has 2 aromatic carbocycles. The molecule has 0 heterocycles. The van der Waals surface area contributed by atoms with Crippen LogP contribution in [0.3, 0.4) is 0 Å². The number of ketones is 1. The van der Waals surface area contributed by atoms with E-state index >= 15 is 0 Å². The Morgan fingerprint density at radius 1 is 1.08 bits per heavy atom. The average molecular weight is 380 g/mol. The van der Waals surface area contributed by atoms with E-state index in [0.29, 0.717) is 16.3 Å². The number of Topliss-reactive ketones (excluding diaryl/α,β-unsaturated/α-hetero) is 1. The zero-order valence-corrected chi connectivity index (χ0v) is 15.0. The molecule has 25 heavy (non-hydrogen) atoms. The number of amides is 1. The Morgan fingerprint density at radius 2 is 1.80 bits per heavy atom. The summed E-state index contributed by atoms with van der Waals surface area (Å²) < 4.78 is 5.12. The molecule has 0 radical (unpaired) electrons. The number of nitrogens with one attached hydrogen (secondary N) is 1. The maximum absolute atomic E-state index is 12.2. The Labute approximate surface area is 154 Å². The van der Waals surface area contributed by atoms with E-state index in [4.69, 9.17) is 27.9 Å². The lowest BCUT2D eigenvalue weighted by Crippen LogP contribution is -2.30. The zero-order valence-electron chi connectivity index (χ0n) is 13.5. The van der Waals surface area contributed by atoms with Gasteiger partial charge in [-0.3, -0.25) is 9.59 Å². The summed E-state index contributed by atoms with van der Waals surface area (Å²) in [7, 11) is 0. The van der Waals surface area contributed by atoms with Gasteiger partial charge in [0.2, 0.25) is 0 Å². The number of ether oxygens (including phenoxy) is 1. The molecule has 0 aliphatic carbocycles. The predicted octanol–water partition coefficient (Wildman–Crippen LogP) is 4.38. The van der Waals surface area contributed by atoms with Crippen LogP contribution in [0.4, 0.5) is 5.69 Å². The van der Waals surface area contributed by atoms with E-state index in [1.54, 1.807) is 30.3 Å². The van der Waals surface area contributed by atoms with Gasteiger partial charge in [-0.1, -0.05) is 35.3 Å². The second-order valence-corrected chi connectivity index (χ2v) is 6.14. The highest BCUT2D eigenvalue weighted by atomic mass is 35.5. The Hall–Kier alpha value is -2.37. The van der Waals surface area contributed by atoms with Crippen LogP contribution in [0.5, 0.6) is 0 Å². The lowest BCUT2D eigenvalue weighted by Gasteiger charge is -2.14. The smallest absolute Gasteiger partial charge is 0.340 e. The number of hydrogen-bond donors (Lipinski definition) is 1. The summed E-state index contributed by atoms with van der Waals surface area (Å²) in [6.45, 7) is 2.86. The van der Waals surface area contributed by atoms with Gasteiger partial charge in [0.1, 0.15) is 0 Å². The first-order valence-electron chi connectivity index (χ1n) is 7.36. The Kier molecular flexibility index (Phi) is 6.17. The largest absolute Gasteiger partial charge is 0.449 e. The highest BCUT2D eigenvalue weighted by Crippen LogP contribution is 2.22. The Morgan fingerprint density at radius 3 is 2.48 bits per heavy atom. The van der Waals surface area contributed by atoms with E-state index in [-0.39, 0.29) is 16.4 Å². The molecule has 0 aliphatic heterocycles. The average Bonchev–Trinajstić information content (AvgIpc) is 2.57. The van der Waals surface area contributed by atoms with Gasteiger partial charge in [-0.15, -0.1) is 0 Å². The molecule has 2 aromatic rings. The molecule has 5 nitrogen and oxygen atoms in total. The van der Waals surface area contributed by atoms with Crippen molar-refractivity contribution in [2.45, 2.75) is 20.0 Å². The minimum absolute atomic E-state index is 0.0763. The first-order valence-corrected chi connectivity index (χ1v) is 8.11. The highest BCUT2D eigenvalue weighted by molar-refractivity contribution is 6.35. The van der Waals surface area contributed by atoms with E-state index in [9.17, 15) is 14.4 Å². The van der Waals surface area contributed by atoms with Crippen LogP contribution in [0.15, 0.2) is 42.5 Å². The number of rotatable bonds is 5. The van der Waals surface area contributed by atoms with Gasteiger partial charge in [0.05, 0.1) is 10.6 Å². The van der Waals surface area contributed by atoms with Gasteiger partial charge < -0.3 is 10.1 Å². The molecular formula is C18H15Cl2NO4. The van der Waals surface area contributed by atoms with Crippen LogP contribution < -0.4 is 5.32 Å². The Balaban J connectivity index is 2.05. The second-order valence-electron chi connectivity index (χ2n) is 5.30. The van der Waals surface area contributed by atoms with Gasteiger partial charge in [-0.25, -0.2) is 4.79 Å². The number of esters is 1. The van der Waals surface area contributed by atoms with Crippen LogP contribution in [0, 0.1) is 0 Å². The number of carbonyl (C=O) groups excluding carboxylic acids is 3. The van der Waals surface area contributed by atoms with Crippen molar-refractivity contribution in [3.63, 3.8) is 0 Å². The quantitative estimate of drug-likeness (QED) is 0.617. The molecule has 0 saturated carbocycles. The molecule has 0 fully saturated rings. The molecule has 130 valence electrons. The van der Waals surface area contributed by atoms with Crippen molar-refractivity contribution < 1.29 is 19.1 Å². The topological polar surface area (TPSA) is 72.5 Å². The van der Waals surface area contributed by atoms with Crippen LogP contribution >= 0.6 is 23.2 Å². The molecule has 0 spiro atoms. The van der Waals surface area contributed by atoms with Gasteiger partial charge in [-0.05, 0) is 44.2 Å². The van der Waals surface area contributed by atoms with Crippen LogP contribution in [0.1, 0.15) is 34.6 Å². The van der Waals surface area contributed by atoms with Crippen molar-refractivity contribution in [1.82, 2.24) is 0 Å². The van der Waals surface area contributed by atoms with Crippen LogP contribution in [0.25, 0.3) is 0 Å². The van der Waals surface area contributed by atoms with Crippen molar-refractivity contribution >= 4 is 46.5 Å². The summed E-state index contributed by atoms with van der Waals surface area (Å²) in [5, 5.41) is 3.10. The fourth-order valence-electron chi connectivity index (χ4n) is 1.99. The number of anilines is 1. The van der Waals surface area contributed by atoms with Crippen molar-refractivity contribution in [3.05, 3.63) is 63.6 Å². The van der Waals surface area contributed by atoms with E-state index in [0.717, 1.165) is 0 Å². The third-order valence-corrected chi connectivity index (χ3v) is 3.90. The number of carbonyl (C=O) groups is 3. The van der Waals surface area contributed by atoms with E-state index in [1.807, 2.05) is 0 Å². The number of benzene rings is 2. The summed E-state index contributed by atoms with van der Waals surface area (Å²) in [6.07, 6.45) is -1.07. The standard InChI is InChI=1S/C18H15Cl2NO4/c1-10(22)12-4-3-5-14(8-12)21-17(23)11(2)25-18(24)15-9-13(19)6-7-16(15)20/h3-9,11H,1-2H3,(H,21,23). The molecule has 0 aromatic heterocycles. The third kappa shape index (κ3) is 5.05.